The quantitative estimate of drug-likeness (QED) is 0.614. The minimum atomic E-state index is -4.71. The largest absolute Gasteiger partial charge is 0.433 e. The number of nitrogens with one attached hydrogen (secondary N) is 1. The van der Waals surface area contributed by atoms with Crippen LogP contribution in [0.1, 0.15) is 36.5 Å². The van der Waals surface area contributed by atoms with Crippen molar-refractivity contribution in [3.8, 4) is 11.3 Å². The Bertz CT molecular complexity index is 1050. The van der Waals surface area contributed by atoms with Gasteiger partial charge in [0, 0.05) is 17.7 Å². The number of hydrogen-bond donors (Lipinski definition) is 1. The van der Waals surface area contributed by atoms with Gasteiger partial charge in [0.2, 0.25) is 0 Å². The third-order valence-corrected chi connectivity index (χ3v) is 4.89. The van der Waals surface area contributed by atoms with Crippen LogP contribution < -0.4 is 5.32 Å². The molecule has 0 aliphatic heterocycles. The molecule has 2 heterocycles. The molecular formula is C18H15Cl2F3N4O. The average molecular weight is 431 g/mol. The zero-order valence-electron chi connectivity index (χ0n) is 14.8. The molecule has 0 saturated heterocycles. The van der Waals surface area contributed by atoms with Crippen molar-refractivity contribution in [3.63, 3.8) is 0 Å². The first-order valence-corrected chi connectivity index (χ1v) is 9.10. The Kier molecular flexibility index (Phi) is 5.54. The predicted octanol–water partition coefficient (Wildman–Crippen LogP) is 5.25. The second-order valence-electron chi connectivity index (χ2n) is 6.24. The fourth-order valence-electron chi connectivity index (χ4n) is 2.49. The van der Waals surface area contributed by atoms with Crippen molar-refractivity contribution in [1.29, 1.82) is 0 Å². The highest BCUT2D eigenvalue weighted by Crippen LogP contribution is 2.34. The molecular weight excluding hydrogens is 416 g/mol. The first kappa shape index (κ1) is 20.4. The Morgan fingerprint density at radius 2 is 1.93 bits per heavy atom. The minimum absolute atomic E-state index is 0.0344. The van der Waals surface area contributed by atoms with Gasteiger partial charge in [-0.1, -0.05) is 36.2 Å². The molecule has 1 amide bonds. The van der Waals surface area contributed by atoms with E-state index in [2.05, 4.69) is 15.4 Å². The molecule has 1 aromatic carbocycles. The number of benzene rings is 1. The molecule has 0 spiro atoms. The fraction of sp³-hybridized carbons (Fsp3) is 0.278. The summed E-state index contributed by atoms with van der Waals surface area (Å²) >= 11 is 11.8. The van der Waals surface area contributed by atoms with Gasteiger partial charge in [0.15, 0.2) is 17.0 Å². The van der Waals surface area contributed by atoms with E-state index in [4.69, 9.17) is 23.2 Å². The zero-order valence-corrected chi connectivity index (χ0v) is 16.3. The first-order valence-electron chi connectivity index (χ1n) is 8.34. The normalized spacial score (nSPS) is 13.0. The van der Waals surface area contributed by atoms with Crippen molar-refractivity contribution in [2.24, 2.45) is 0 Å². The molecule has 0 unspecified atom stereocenters. The molecule has 0 saturated carbocycles. The Hall–Kier alpha value is -2.32. The molecule has 1 atom stereocenters. The number of carbonyl (C=O) groups excluding carboxylic acids is 1. The van der Waals surface area contributed by atoms with Gasteiger partial charge in [-0.2, -0.15) is 18.3 Å². The summed E-state index contributed by atoms with van der Waals surface area (Å²) in [5.41, 5.74) is -0.919. The number of fused-ring (bicyclic) bond motifs is 1. The maximum Gasteiger partial charge on any atom is 0.433 e. The Balaban J connectivity index is 2.15. The lowest BCUT2D eigenvalue weighted by Crippen LogP contribution is -2.32. The summed E-state index contributed by atoms with van der Waals surface area (Å²) in [6.45, 7) is 3.66. The van der Waals surface area contributed by atoms with E-state index in [1.54, 1.807) is 6.92 Å². The van der Waals surface area contributed by atoms with Gasteiger partial charge in [-0.05, 0) is 31.5 Å². The molecule has 0 aliphatic carbocycles. The molecule has 0 bridgehead atoms. The lowest BCUT2D eigenvalue weighted by molar-refractivity contribution is -0.142. The van der Waals surface area contributed by atoms with Crippen LogP contribution in [-0.4, -0.2) is 26.5 Å². The molecule has 1 N–H and O–H groups in total. The molecule has 3 rings (SSSR count). The summed E-state index contributed by atoms with van der Waals surface area (Å²) in [6.07, 6.45) is -4.03. The summed E-state index contributed by atoms with van der Waals surface area (Å²) < 4.78 is 41.4. The summed E-state index contributed by atoms with van der Waals surface area (Å²) in [5, 5.41) is 6.94. The molecule has 3 aromatic rings. The number of halogens is 5. The molecule has 5 nitrogen and oxygen atoms in total. The number of nitrogens with zero attached hydrogens (tertiary/aromatic N) is 3. The van der Waals surface area contributed by atoms with Crippen LogP contribution in [0, 0.1) is 0 Å². The van der Waals surface area contributed by atoms with Gasteiger partial charge in [0.25, 0.3) is 5.91 Å². The summed E-state index contributed by atoms with van der Waals surface area (Å²) in [4.78, 5) is 16.5. The molecule has 28 heavy (non-hydrogen) atoms. The standard InChI is InChI=1S/C18H15Cl2F3N4O/c1-3-9(2)24-17(28)14-8-16-25-13(10-4-5-11(19)12(20)6-10)7-15(18(21,22)23)27(16)26-14/h4-9H,3H2,1-2H3,(H,24,28)/t9-/m0/s1. The van der Waals surface area contributed by atoms with E-state index < -0.39 is 17.8 Å². The van der Waals surface area contributed by atoms with Crippen molar-refractivity contribution in [1.82, 2.24) is 19.9 Å². The van der Waals surface area contributed by atoms with E-state index in [0.29, 0.717) is 16.5 Å². The van der Waals surface area contributed by atoms with E-state index in [1.165, 1.54) is 24.3 Å². The first-order chi connectivity index (χ1) is 13.1. The summed E-state index contributed by atoms with van der Waals surface area (Å²) in [5.74, 6) is -0.566. The molecule has 0 fully saturated rings. The number of alkyl halides is 3. The van der Waals surface area contributed by atoms with Crippen LogP contribution in [0.25, 0.3) is 16.9 Å². The van der Waals surface area contributed by atoms with E-state index in [1.807, 2.05) is 6.92 Å². The summed E-state index contributed by atoms with van der Waals surface area (Å²) in [6, 6.07) is 6.35. The van der Waals surface area contributed by atoms with Gasteiger partial charge >= 0.3 is 6.18 Å². The molecule has 0 radical (unpaired) electrons. The van der Waals surface area contributed by atoms with Gasteiger partial charge in [0.1, 0.15) is 0 Å². The van der Waals surface area contributed by atoms with E-state index in [0.717, 1.165) is 6.07 Å². The number of rotatable bonds is 4. The monoisotopic (exact) mass is 430 g/mol. The van der Waals surface area contributed by atoms with Crippen LogP contribution in [0.5, 0.6) is 0 Å². The van der Waals surface area contributed by atoms with Gasteiger partial charge in [-0.25, -0.2) is 9.50 Å². The van der Waals surface area contributed by atoms with E-state index in [9.17, 15) is 18.0 Å². The second kappa shape index (κ2) is 7.60. The van der Waals surface area contributed by atoms with Gasteiger partial charge in [0.05, 0.1) is 15.7 Å². The highest BCUT2D eigenvalue weighted by Gasteiger charge is 2.35. The molecule has 0 aliphatic rings. The predicted molar refractivity (Wildman–Crippen MR) is 101 cm³/mol. The molecule has 2 aromatic heterocycles. The van der Waals surface area contributed by atoms with Gasteiger partial charge in [-0.15, -0.1) is 0 Å². The second-order valence-corrected chi connectivity index (χ2v) is 7.05. The van der Waals surface area contributed by atoms with Crippen molar-refractivity contribution in [2.45, 2.75) is 32.5 Å². The highest BCUT2D eigenvalue weighted by molar-refractivity contribution is 6.42. The minimum Gasteiger partial charge on any atom is -0.348 e. The van der Waals surface area contributed by atoms with Crippen molar-refractivity contribution >= 4 is 34.8 Å². The maximum atomic E-state index is 13.6. The van der Waals surface area contributed by atoms with Crippen LogP contribution in [0.2, 0.25) is 10.0 Å². The smallest absolute Gasteiger partial charge is 0.348 e. The number of hydrogen-bond acceptors (Lipinski definition) is 3. The topological polar surface area (TPSA) is 59.3 Å². The van der Waals surface area contributed by atoms with E-state index in [-0.39, 0.29) is 33.1 Å². The van der Waals surface area contributed by atoms with E-state index >= 15 is 0 Å². The lowest BCUT2D eigenvalue weighted by atomic mass is 10.1. The third-order valence-electron chi connectivity index (χ3n) is 4.16. The lowest BCUT2D eigenvalue weighted by Gasteiger charge is -2.11. The third kappa shape index (κ3) is 4.07. The molecule has 10 heteroatoms. The zero-order chi connectivity index (χ0) is 20.6. The van der Waals surface area contributed by atoms with Crippen LogP contribution in [-0.2, 0) is 6.18 Å². The fourth-order valence-corrected chi connectivity index (χ4v) is 2.79. The Labute approximate surface area is 168 Å². The van der Waals surface area contributed by atoms with Crippen molar-refractivity contribution in [2.75, 3.05) is 0 Å². The maximum absolute atomic E-state index is 13.6. The van der Waals surface area contributed by atoms with Crippen molar-refractivity contribution in [3.05, 3.63) is 51.8 Å². The van der Waals surface area contributed by atoms with Crippen LogP contribution in [0.15, 0.2) is 30.3 Å². The van der Waals surface area contributed by atoms with Crippen LogP contribution in [0.3, 0.4) is 0 Å². The van der Waals surface area contributed by atoms with Gasteiger partial charge in [-0.3, -0.25) is 4.79 Å². The Morgan fingerprint density at radius 3 is 2.54 bits per heavy atom. The van der Waals surface area contributed by atoms with Gasteiger partial charge < -0.3 is 5.32 Å². The number of aromatic nitrogens is 3. The van der Waals surface area contributed by atoms with Crippen LogP contribution >= 0.6 is 23.2 Å². The van der Waals surface area contributed by atoms with Crippen molar-refractivity contribution < 1.29 is 18.0 Å². The molecule has 148 valence electrons. The number of amides is 1. The van der Waals surface area contributed by atoms with Crippen LogP contribution in [0.4, 0.5) is 13.2 Å². The average Bonchev–Trinajstić information content (AvgIpc) is 3.06. The SMILES string of the molecule is CC[C@H](C)NC(=O)c1cc2nc(-c3ccc(Cl)c(Cl)c3)cc(C(F)(F)F)n2n1. The summed E-state index contributed by atoms with van der Waals surface area (Å²) in [7, 11) is 0. The Morgan fingerprint density at radius 1 is 1.21 bits per heavy atom. The highest BCUT2D eigenvalue weighted by atomic mass is 35.5. The number of carbonyl (C=O) groups is 1.